The Labute approximate surface area is 163 Å². The van der Waals surface area contributed by atoms with Crippen LogP contribution in [0.15, 0.2) is 18.2 Å². The number of unbranched alkanes of at least 4 members (excludes halogenated alkanes) is 15. The number of aryl methyl sites for hydroxylation is 1. The Morgan fingerprint density at radius 3 is 1.62 bits per heavy atom. The first-order valence-corrected chi connectivity index (χ1v) is 11.4. The third kappa shape index (κ3) is 13.3. The zero-order valence-corrected chi connectivity index (χ0v) is 17.7. The van der Waals surface area contributed by atoms with Crippen LogP contribution in [0.1, 0.15) is 115 Å². The van der Waals surface area contributed by atoms with Crippen molar-refractivity contribution in [3.8, 4) is 5.75 Å². The maximum Gasteiger partial charge on any atom is 0.127 e. The minimum Gasteiger partial charge on any atom is -0.496 e. The predicted molar refractivity (Wildman–Crippen MR) is 115 cm³/mol. The minimum absolute atomic E-state index is 0.860. The van der Waals surface area contributed by atoms with E-state index in [1.807, 2.05) is 6.07 Å². The standard InChI is InChI=1S/C25H43O/c1-3-4-5-6-7-8-9-10-11-12-13-14-15-16-17-18-20-24-21-19-22-25(23-24)26-2/h19,21,23H,3-18,20H2,1-2H3. The highest BCUT2D eigenvalue weighted by Gasteiger charge is 1.98. The Hall–Kier alpha value is -0.980. The Balaban J connectivity index is 1.78. The van der Waals surface area contributed by atoms with Crippen molar-refractivity contribution in [1.29, 1.82) is 0 Å². The molecule has 0 N–H and O–H groups in total. The quantitative estimate of drug-likeness (QED) is 0.239. The van der Waals surface area contributed by atoms with Gasteiger partial charge in [-0.1, -0.05) is 115 Å². The van der Waals surface area contributed by atoms with Crippen molar-refractivity contribution in [2.24, 2.45) is 0 Å². The summed E-state index contributed by atoms with van der Waals surface area (Å²) in [7, 11) is 1.71. The second-order valence-electron chi connectivity index (χ2n) is 7.82. The molecule has 0 aliphatic rings. The van der Waals surface area contributed by atoms with Gasteiger partial charge in [-0.3, -0.25) is 0 Å². The predicted octanol–water partition coefficient (Wildman–Crippen LogP) is 8.30. The first kappa shape index (κ1) is 23.1. The van der Waals surface area contributed by atoms with Crippen molar-refractivity contribution in [2.75, 3.05) is 7.11 Å². The van der Waals surface area contributed by atoms with E-state index < -0.39 is 0 Å². The van der Waals surface area contributed by atoms with Crippen LogP contribution in [0.3, 0.4) is 0 Å². The highest BCUT2D eigenvalue weighted by atomic mass is 16.5. The fourth-order valence-corrected chi connectivity index (χ4v) is 3.64. The molecule has 0 aromatic heterocycles. The van der Waals surface area contributed by atoms with E-state index in [1.54, 1.807) is 7.11 Å². The van der Waals surface area contributed by atoms with Gasteiger partial charge in [0, 0.05) is 6.07 Å². The van der Waals surface area contributed by atoms with Crippen LogP contribution in [0, 0.1) is 6.07 Å². The maximum absolute atomic E-state index is 5.23. The van der Waals surface area contributed by atoms with Gasteiger partial charge in [0.2, 0.25) is 0 Å². The maximum atomic E-state index is 5.23. The summed E-state index contributed by atoms with van der Waals surface area (Å²) >= 11 is 0. The summed E-state index contributed by atoms with van der Waals surface area (Å²) in [6.07, 6.45) is 24.0. The van der Waals surface area contributed by atoms with Gasteiger partial charge >= 0.3 is 0 Å². The van der Waals surface area contributed by atoms with Crippen LogP contribution in [-0.4, -0.2) is 7.11 Å². The number of benzene rings is 1. The zero-order valence-electron chi connectivity index (χ0n) is 17.7. The van der Waals surface area contributed by atoms with Crippen molar-refractivity contribution in [2.45, 2.75) is 116 Å². The van der Waals surface area contributed by atoms with Gasteiger partial charge in [0.15, 0.2) is 0 Å². The molecule has 0 unspecified atom stereocenters. The molecule has 0 aliphatic carbocycles. The third-order valence-electron chi connectivity index (χ3n) is 5.38. The van der Waals surface area contributed by atoms with E-state index in [0.717, 1.165) is 5.75 Å². The van der Waals surface area contributed by atoms with Crippen LogP contribution in [0.25, 0.3) is 0 Å². The minimum atomic E-state index is 0.860. The summed E-state index contributed by atoms with van der Waals surface area (Å²) in [5.41, 5.74) is 1.38. The summed E-state index contributed by atoms with van der Waals surface area (Å²) in [4.78, 5) is 0. The SMILES string of the molecule is CCCCCCCCCCCCCCCCCCc1cc[c]c(OC)c1. The van der Waals surface area contributed by atoms with Gasteiger partial charge in [-0.2, -0.15) is 0 Å². The molecule has 0 aliphatic heterocycles. The van der Waals surface area contributed by atoms with E-state index in [1.165, 1.54) is 115 Å². The van der Waals surface area contributed by atoms with Gasteiger partial charge in [-0.15, -0.1) is 0 Å². The number of methoxy groups -OCH3 is 1. The molecule has 26 heavy (non-hydrogen) atoms. The molecule has 0 fully saturated rings. The molecular formula is C25H43O. The lowest BCUT2D eigenvalue weighted by molar-refractivity contribution is 0.413. The normalized spacial score (nSPS) is 11.0. The summed E-state index contributed by atoms with van der Waals surface area (Å²) in [5.74, 6) is 0.860. The first-order valence-electron chi connectivity index (χ1n) is 11.4. The molecule has 0 heterocycles. The van der Waals surface area contributed by atoms with Crippen molar-refractivity contribution in [3.63, 3.8) is 0 Å². The fraction of sp³-hybridized carbons (Fsp3) is 0.760. The van der Waals surface area contributed by atoms with E-state index in [-0.39, 0.29) is 0 Å². The van der Waals surface area contributed by atoms with E-state index in [2.05, 4.69) is 25.1 Å². The second-order valence-corrected chi connectivity index (χ2v) is 7.82. The molecule has 0 bridgehead atoms. The lowest BCUT2D eigenvalue weighted by Crippen LogP contribution is -1.89. The van der Waals surface area contributed by atoms with E-state index >= 15 is 0 Å². The van der Waals surface area contributed by atoms with Crippen LogP contribution >= 0.6 is 0 Å². The van der Waals surface area contributed by atoms with Gasteiger partial charge in [0.1, 0.15) is 5.75 Å². The average molecular weight is 360 g/mol. The molecule has 1 radical (unpaired) electrons. The molecule has 1 nitrogen and oxygen atoms in total. The molecular weight excluding hydrogens is 316 g/mol. The van der Waals surface area contributed by atoms with Crippen LogP contribution in [-0.2, 0) is 6.42 Å². The topological polar surface area (TPSA) is 9.23 Å². The molecule has 1 aromatic rings. The van der Waals surface area contributed by atoms with Gasteiger partial charge in [0.25, 0.3) is 0 Å². The molecule has 0 saturated heterocycles. The summed E-state index contributed by atoms with van der Waals surface area (Å²) in [6, 6.07) is 9.34. The Morgan fingerprint density at radius 2 is 1.15 bits per heavy atom. The van der Waals surface area contributed by atoms with Crippen LogP contribution < -0.4 is 4.74 Å². The second kappa shape index (κ2) is 17.4. The van der Waals surface area contributed by atoms with Gasteiger partial charge in [0.05, 0.1) is 7.11 Å². The van der Waals surface area contributed by atoms with Crippen LogP contribution in [0.2, 0.25) is 0 Å². The average Bonchev–Trinajstić information content (AvgIpc) is 2.68. The lowest BCUT2D eigenvalue weighted by Gasteiger charge is -2.05. The summed E-state index contributed by atoms with van der Waals surface area (Å²) in [5, 5.41) is 0. The summed E-state index contributed by atoms with van der Waals surface area (Å²) < 4.78 is 5.23. The first-order chi connectivity index (χ1) is 12.9. The molecule has 0 spiro atoms. The molecule has 1 aromatic carbocycles. The molecule has 0 atom stereocenters. The van der Waals surface area contributed by atoms with Crippen LogP contribution in [0.5, 0.6) is 5.75 Å². The number of ether oxygens (including phenoxy) is 1. The monoisotopic (exact) mass is 359 g/mol. The largest absolute Gasteiger partial charge is 0.496 e. The van der Waals surface area contributed by atoms with Crippen LogP contribution in [0.4, 0.5) is 0 Å². The Kier molecular flexibility index (Phi) is 15.5. The smallest absolute Gasteiger partial charge is 0.127 e. The number of hydrogen-bond donors (Lipinski definition) is 0. The van der Waals surface area contributed by atoms with Crippen molar-refractivity contribution in [1.82, 2.24) is 0 Å². The van der Waals surface area contributed by atoms with Gasteiger partial charge in [-0.05, 0) is 24.5 Å². The van der Waals surface area contributed by atoms with Gasteiger partial charge in [-0.25, -0.2) is 0 Å². The molecule has 149 valence electrons. The van der Waals surface area contributed by atoms with E-state index in [0.29, 0.717) is 0 Å². The molecule has 1 rings (SSSR count). The fourth-order valence-electron chi connectivity index (χ4n) is 3.64. The van der Waals surface area contributed by atoms with Crippen molar-refractivity contribution >= 4 is 0 Å². The Morgan fingerprint density at radius 1 is 0.692 bits per heavy atom. The number of hydrogen-bond acceptors (Lipinski definition) is 1. The highest BCUT2D eigenvalue weighted by molar-refractivity contribution is 5.27. The molecule has 0 amide bonds. The highest BCUT2D eigenvalue weighted by Crippen LogP contribution is 2.16. The number of rotatable bonds is 18. The molecule has 1 heteroatoms. The van der Waals surface area contributed by atoms with Crippen molar-refractivity contribution in [3.05, 3.63) is 29.8 Å². The van der Waals surface area contributed by atoms with E-state index in [9.17, 15) is 0 Å². The van der Waals surface area contributed by atoms with Gasteiger partial charge < -0.3 is 4.74 Å². The summed E-state index contributed by atoms with van der Waals surface area (Å²) in [6.45, 7) is 2.29. The van der Waals surface area contributed by atoms with Crippen molar-refractivity contribution < 1.29 is 4.74 Å². The molecule has 0 saturated carbocycles. The Bertz CT molecular complexity index is 412. The van der Waals surface area contributed by atoms with E-state index in [4.69, 9.17) is 4.74 Å². The lowest BCUT2D eigenvalue weighted by atomic mass is 10.0. The zero-order chi connectivity index (χ0) is 18.7. The third-order valence-corrected chi connectivity index (χ3v) is 5.38.